The summed E-state index contributed by atoms with van der Waals surface area (Å²) in [5.41, 5.74) is 14.4. The van der Waals surface area contributed by atoms with Crippen LogP contribution in [0.5, 0.6) is 0 Å². The van der Waals surface area contributed by atoms with Gasteiger partial charge in [-0.1, -0.05) is 182 Å². The third-order valence-corrected chi connectivity index (χ3v) is 13.3. The number of thiophene rings is 1. The zero-order chi connectivity index (χ0) is 40.3. The largest absolute Gasteiger partial charge is 0.456 e. The minimum Gasteiger partial charge on any atom is -0.456 e. The van der Waals surface area contributed by atoms with E-state index in [0.717, 1.165) is 55.7 Å². The third-order valence-electron chi connectivity index (χ3n) is 12.1. The van der Waals surface area contributed by atoms with Crippen LogP contribution in [0, 0.1) is 0 Å². The first-order chi connectivity index (χ1) is 30.3. The molecule has 0 N–H and O–H groups in total. The highest BCUT2D eigenvalue weighted by atomic mass is 32.1. The van der Waals surface area contributed by atoms with Crippen LogP contribution in [0.15, 0.2) is 229 Å². The Kier molecular flexibility index (Phi) is 8.39. The average Bonchev–Trinajstić information content (AvgIpc) is 3.90. The molecule has 0 spiro atoms. The number of para-hydroxylation sites is 4. The summed E-state index contributed by atoms with van der Waals surface area (Å²) in [6, 6.07) is 81.3. The van der Waals surface area contributed by atoms with Gasteiger partial charge in [0.25, 0.3) is 0 Å². The second-order valence-electron chi connectivity index (χ2n) is 15.6. The van der Waals surface area contributed by atoms with Gasteiger partial charge in [0, 0.05) is 53.2 Å². The smallest absolute Gasteiger partial charge is 0.136 e. The van der Waals surface area contributed by atoms with Gasteiger partial charge in [0.15, 0.2) is 0 Å². The second kappa shape index (κ2) is 14.5. The Labute approximate surface area is 357 Å². The van der Waals surface area contributed by atoms with Gasteiger partial charge in [-0.3, -0.25) is 0 Å². The van der Waals surface area contributed by atoms with E-state index in [4.69, 9.17) is 4.42 Å². The van der Waals surface area contributed by atoms with E-state index in [9.17, 15) is 0 Å². The molecule has 0 unspecified atom stereocenters. The van der Waals surface area contributed by atoms with E-state index in [1.54, 1.807) is 0 Å². The topological polar surface area (TPSA) is 16.4 Å². The summed E-state index contributed by atoms with van der Waals surface area (Å²) in [4.78, 5) is 2.50. The lowest BCUT2D eigenvalue weighted by atomic mass is 9.90. The van der Waals surface area contributed by atoms with Crippen LogP contribution >= 0.6 is 11.3 Å². The molecule has 10 aromatic carbocycles. The molecule has 12 aromatic rings. The van der Waals surface area contributed by atoms with Crippen molar-refractivity contribution in [2.24, 2.45) is 0 Å². The van der Waals surface area contributed by atoms with Gasteiger partial charge in [0.2, 0.25) is 0 Å². The summed E-state index contributed by atoms with van der Waals surface area (Å²) in [5.74, 6) is 0. The van der Waals surface area contributed by atoms with E-state index in [1.807, 2.05) is 23.5 Å². The number of benzene rings is 10. The van der Waals surface area contributed by atoms with Crippen LogP contribution < -0.4 is 4.90 Å². The fraction of sp³-hybridized carbons (Fsp3) is 0. The molecule has 2 nitrogen and oxygen atoms in total. The molecule has 12 rings (SSSR count). The Balaban J connectivity index is 1.14. The highest BCUT2D eigenvalue weighted by Gasteiger charge is 2.25. The predicted molar refractivity (Wildman–Crippen MR) is 261 cm³/mol. The third kappa shape index (κ3) is 5.85. The fourth-order valence-electron chi connectivity index (χ4n) is 9.37. The summed E-state index contributed by atoms with van der Waals surface area (Å²) >= 11 is 1.87. The SMILES string of the molecule is c1ccc(-c2cccc3cccc(-c4ccccc4N(c4ccccc4-c4ccc5c(c4)oc4ccccc45)c4ccccc4-c4cccc5c4sc4ccccc45)c23)cc1. The molecule has 0 saturated heterocycles. The van der Waals surface area contributed by atoms with Crippen LogP contribution in [-0.4, -0.2) is 0 Å². The monoisotopic (exact) mass is 795 g/mol. The number of anilines is 3. The molecule has 0 atom stereocenters. The zero-order valence-electron chi connectivity index (χ0n) is 33.1. The molecule has 0 aliphatic heterocycles. The lowest BCUT2D eigenvalue weighted by Crippen LogP contribution is -2.13. The molecule has 0 amide bonds. The van der Waals surface area contributed by atoms with E-state index >= 15 is 0 Å². The molecular weight excluding hydrogens is 759 g/mol. The zero-order valence-corrected chi connectivity index (χ0v) is 33.9. The quantitative estimate of drug-likeness (QED) is 0.160. The van der Waals surface area contributed by atoms with Crippen molar-refractivity contribution in [2.45, 2.75) is 0 Å². The summed E-state index contributed by atoms with van der Waals surface area (Å²) in [6.07, 6.45) is 0. The highest BCUT2D eigenvalue weighted by molar-refractivity contribution is 7.26. The molecule has 3 heteroatoms. The summed E-state index contributed by atoms with van der Waals surface area (Å²) in [6.45, 7) is 0. The normalized spacial score (nSPS) is 11.6. The first kappa shape index (κ1) is 35.2. The van der Waals surface area contributed by atoms with Crippen LogP contribution in [0.4, 0.5) is 17.1 Å². The van der Waals surface area contributed by atoms with Crippen LogP contribution in [0.1, 0.15) is 0 Å². The second-order valence-corrected chi connectivity index (χ2v) is 16.6. The Bertz CT molecular complexity index is 3610. The van der Waals surface area contributed by atoms with E-state index in [-0.39, 0.29) is 0 Å². The molecule has 2 aromatic heterocycles. The van der Waals surface area contributed by atoms with Gasteiger partial charge < -0.3 is 9.32 Å². The van der Waals surface area contributed by atoms with Gasteiger partial charge in [-0.25, -0.2) is 0 Å². The fourth-order valence-corrected chi connectivity index (χ4v) is 10.6. The van der Waals surface area contributed by atoms with Crippen LogP contribution in [0.2, 0.25) is 0 Å². The van der Waals surface area contributed by atoms with E-state index in [1.165, 1.54) is 58.8 Å². The summed E-state index contributed by atoms with van der Waals surface area (Å²) in [5, 5.41) is 7.25. The minimum atomic E-state index is 0.876. The summed E-state index contributed by atoms with van der Waals surface area (Å²) in [7, 11) is 0. The Morgan fingerprint density at radius 3 is 1.66 bits per heavy atom. The van der Waals surface area contributed by atoms with Crippen molar-refractivity contribution < 1.29 is 4.42 Å². The van der Waals surface area contributed by atoms with Crippen molar-refractivity contribution in [2.75, 3.05) is 4.90 Å². The maximum atomic E-state index is 6.48. The molecule has 0 bridgehead atoms. The van der Waals surface area contributed by atoms with Crippen molar-refractivity contribution in [3.8, 4) is 44.5 Å². The maximum absolute atomic E-state index is 6.48. The molecule has 0 aliphatic rings. The number of rotatable bonds is 7. The van der Waals surface area contributed by atoms with Gasteiger partial charge in [0.05, 0.1) is 17.1 Å². The van der Waals surface area contributed by atoms with Crippen LogP contribution in [0.25, 0.3) is 97.4 Å². The Morgan fingerprint density at radius 1 is 0.328 bits per heavy atom. The first-order valence-electron chi connectivity index (χ1n) is 20.8. The maximum Gasteiger partial charge on any atom is 0.136 e. The van der Waals surface area contributed by atoms with Crippen molar-refractivity contribution >= 4 is 81.3 Å². The molecule has 286 valence electrons. The lowest BCUT2D eigenvalue weighted by molar-refractivity contribution is 0.669. The van der Waals surface area contributed by atoms with Gasteiger partial charge in [-0.05, 0) is 75.5 Å². The van der Waals surface area contributed by atoms with E-state index < -0.39 is 0 Å². The molecule has 0 saturated carbocycles. The van der Waals surface area contributed by atoms with Gasteiger partial charge in [-0.15, -0.1) is 11.3 Å². The molecule has 0 fully saturated rings. The van der Waals surface area contributed by atoms with Crippen molar-refractivity contribution in [1.29, 1.82) is 0 Å². The number of hydrogen-bond donors (Lipinski definition) is 0. The molecule has 0 radical (unpaired) electrons. The van der Waals surface area contributed by atoms with Gasteiger partial charge >= 0.3 is 0 Å². The van der Waals surface area contributed by atoms with Crippen molar-refractivity contribution in [1.82, 2.24) is 0 Å². The Morgan fingerprint density at radius 2 is 0.869 bits per heavy atom. The molecule has 2 heterocycles. The van der Waals surface area contributed by atoms with Crippen LogP contribution in [0.3, 0.4) is 0 Å². The highest BCUT2D eigenvalue weighted by Crippen LogP contribution is 2.51. The van der Waals surface area contributed by atoms with E-state index in [2.05, 4.69) is 217 Å². The molecule has 61 heavy (non-hydrogen) atoms. The number of furan rings is 1. The summed E-state index contributed by atoms with van der Waals surface area (Å²) < 4.78 is 9.06. The number of nitrogens with zero attached hydrogens (tertiary/aromatic N) is 1. The lowest BCUT2D eigenvalue weighted by Gasteiger charge is -2.32. The molecular formula is C58H37NOS. The number of fused-ring (bicyclic) bond motifs is 7. The van der Waals surface area contributed by atoms with Crippen LogP contribution in [-0.2, 0) is 0 Å². The van der Waals surface area contributed by atoms with E-state index in [0.29, 0.717) is 0 Å². The number of hydrogen-bond acceptors (Lipinski definition) is 3. The predicted octanol–water partition coefficient (Wildman–Crippen LogP) is 17.2. The van der Waals surface area contributed by atoms with Gasteiger partial charge in [0.1, 0.15) is 11.2 Å². The Hall–Kier alpha value is -7.72. The molecule has 0 aliphatic carbocycles. The minimum absolute atomic E-state index is 0.876. The first-order valence-corrected chi connectivity index (χ1v) is 21.6. The standard InChI is InChI=1S/C58H37NOS/c1-2-17-38(18-3-1)42-26-14-19-39-20-15-27-48(57(39)42)43-22-5-10-31-52(43)59(51-30-9-4-21-41(51)40-35-36-46-45-24-7-12-33-54(45)60-55(46)37-40)53-32-11-6-23-44(53)49-28-16-29-50-47-25-8-13-34-56(47)61-58(49)50/h1-37H. The average molecular weight is 796 g/mol. The van der Waals surface area contributed by atoms with Crippen molar-refractivity contribution in [3.05, 3.63) is 224 Å². The van der Waals surface area contributed by atoms with Crippen molar-refractivity contribution in [3.63, 3.8) is 0 Å². The van der Waals surface area contributed by atoms with Gasteiger partial charge in [-0.2, -0.15) is 0 Å².